The van der Waals surface area contributed by atoms with Crippen LogP contribution < -0.4 is 16.4 Å². The van der Waals surface area contributed by atoms with Crippen molar-refractivity contribution in [2.75, 3.05) is 6.54 Å². The van der Waals surface area contributed by atoms with Crippen LogP contribution in [-0.2, 0) is 25.6 Å². The molecule has 0 spiro atoms. The maximum Gasteiger partial charge on any atom is 0.326 e. The molecule has 5 unspecified atom stereocenters. The third-order valence-electron chi connectivity index (χ3n) is 5.79. The molecule has 1 aromatic rings. The predicted molar refractivity (Wildman–Crippen MR) is 121 cm³/mol. The zero-order chi connectivity index (χ0) is 24.7. The van der Waals surface area contributed by atoms with E-state index in [0.717, 1.165) is 5.56 Å². The number of hydrogen-bond acceptors (Lipinski definition) is 6. The van der Waals surface area contributed by atoms with Crippen molar-refractivity contribution in [1.82, 2.24) is 15.5 Å². The second kappa shape index (κ2) is 11.8. The van der Waals surface area contributed by atoms with Crippen LogP contribution in [0.5, 0.6) is 0 Å². The lowest BCUT2D eigenvalue weighted by molar-refractivity contribution is -0.144. The van der Waals surface area contributed by atoms with Gasteiger partial charge >= 0.3 is 5.97 Å². The lowest BCUT2D eigenvalue weighted by Crippen LogP contribution is -2.58. The number of benzene rings is 1. The van der Waals surface area contributed by atoms with Gasteiger partial charge in [0.25, 0.3) is 0 Å². The van der Waals surface area contributed by atoms with Crippen LogP contribution in [0.25, 0.3) is 0 Å². The summed E-state index contributed by atoms with van der Waals surface area (Å²) in [7, 11) is 0. The van der Waals surface area contributed by atoms with Crippen LogP contribution in [0.2, 0.25) is 0 Å². The molecule has 5 atom stereocenters. The Hall–Kier alpha value is -2.98. The number of carbonyl (C=O) groups is 4. The smallest absolute Gasteiger partial charge is 0.326 e. The highest BCUT2D eigenvalue weighted by Gasteiger charge is 2.39. The van der Waals surface area contributed by atoms with Crippen LogP contribution in [0, 0.1) is 5.92 Å². The highest BCUT2D eigenvalue weighted by molar-refractivity contribution is 5.94. The summed E-state index contributed by atoms with van der Waals surface area (Å²) in [6, 6.07) is 4.82. The summed E-state index contributed by atoms with van der Waals surface area (Å²) in [6.07, 6.45) is 0.0339. The van der Waals surface area contributed by atoms with E-state index >= 15 is 0 Å². The van der Waals surface area contributed by atoms with Gasteiger partial charge in [-0.2, -0.15) is 0 Å². The molecular formula is C23H34N4O6. The van der Waals surface area contributed by atoms with E-state index in [2.05, 4.69) is 10.6 Å². The molecule has 2 rings (SSSR count). The topological polar surface area (TPSA) is 162 Å². The number of carbonyl (C=O) groups excluding carboxylic acids is 3. The minimum atomic E-state index is -1.18. The van der Waals surface area contributed by atoms with Crippen LogP contribution in [0.3, 0.4) is 0 Å². The van der Waals surface area contributed by atoms with E-state index < -0.39 is 54.0 Å². The summed E-state index contributed by atoms with van der Waals surface area (Å²) in [5.41, 5.74) is 6.51. The van der Waals surface area contributed by atoms with Gasteiger partial charge in [0.2, 0.25) is 17.7 Å². The zero-order valence-corrected chi connectivity index (χ0v) is 19.2. The first-order chi connectivity index (χ1) is 15.5. The molecule has 0 aromatic heterocycles. The third kappa shape index (κ3) is 7.00. The number of nitrogens with zero attached hydrogens (tertiary/aromatic N) is 1. The molecule has 1 aliphatic rings. The van der Waals surface area contributed by atoms with E-state index in [9.17, 15) is 29.4 Å². The molecule has 1 aliphatic heterocycles. The zero-order valence-electron chi connectivity index (χ0n) is 19.2. The summed E-state index contributed by atoms with van der Waals surface area (Å²) in [4.78, 5) is 51.5. The highest BCUT2D eigenvalue weighted by Crippen LogP contribution is 2.19. The van der Waals surface area contributed by atoms with Crippen molar-refractivity contribution in [3.63, 3.8) is 0 Å². The van der Waals surface area contributed by atoms with Crippen LogP contribution in [0.15, 0.2) is 30.3 Å². The van der Waals surface area contributed by atoms with Gasteiger partial charge in [-0.15, -0.1) is 0 Å². The Morgan fingerprint density at radius 2 is 1.76 bits per heavy atom. The number of carboxylic acids is 1. The van der Waals surface area contributed by atoms with E-state index in [0.29, 0.717) is 19.4 Å². The van der Waals surface area contributed by atoms with E-state index in [1.165, 1.54) is 11.8 Å². The number of hydrogen-bond donors (Lipinski definition) is 5. The van der Waals surface area contributed by atoms with Crippen molar-refractivity contribution >= 4 is 23.7 Å². The van der Waals surface area contributed by atoms with Gasteiger partial charge in [-0.25, -0.2) is 4.79 Å². The van der Waals surface area contributed by atoms with E-state index in [4.69, 9.17) is 5.73 Å². The van der Waals surface area contributed by atoms with Gasteiger partial charge in [0.15, 0.2) is 0 Å². The van der Waals surface area contributed by atoms with Crippen molar-refractivity contribution < 1.29 is 29.4 Å². The van der Waals surface area contributed by atoms with Gasteiger partial charge in [-0.05, 0) is 31.2 Å². The normalized spacial score (nSPS) is 19.5. The number of amides is 3. The summed E-state index contributed by atoms with van der Waals surface area (Å²) in [5.74, 6) is -3.16. The SMILES string of the molecule is CC(C)C(NC(=O)C1CCCN1C(=O)C(N)C(C)O)C(=O)NC(Cc1ccccc1)C(=O)O. The Balaban J connectivity index is 2.09. The lowest BCUT2D eigenvalue weighted by atomic mass is 10.0. The van der Waals surface area contributed by atoms with Crippen molar-refractivity contribution in [3.05, 3.63) is 35.9 Å². The molecule has 10 heteroatoms. The van der Waals surface area contributed by atoms with Crippen molar-refractivity contribution in [1.29, 1.82) is 0 Å². The first-order valence-electron chi connectivity index (χ1n) is 11.1. The van der Waals surface area contributed by atoms with Crippen LogP contribution in [0.4, 0.5) is 0 Å². The van der Waals surface area contributed by atoms with Crippen molar-refractivity contribution in [2.24, 2.45) is 11.7 Å². The lowest BCUT2D eigenvalue weighted by Gasteiger charge is -2.30. The molecule has 182 valence electrons. The van der Waals surface area contributed by atoms with Gasteiger partial charge in [-0.3, -0.25) is 14.4 Å². The highest BCUT2D eigenvalue weighted by atomic mass is 16.4. The quantitative estimate of drug-likeness (QED) is 0.317. The maximum atomic E-state index is 13.0. The van der Waals surface area contributed by atoms with Crippen LogP contribution in [-0.4, -0.2) is 75.6 Å². The second-order valence-corrected chi connectivity index (χ2v) is 8.78. The first kappa shape index (κ1) is 26.3. The molecule has 0 aliphatic carbocycles. The minimum absolute atomic E-state index is 0.100. The van der Waals surface area contributed by atoms with Crippen molar-refractivity contribution in [2.45, 2.75) is 70.3 Å². The third-order valence-corrected chi connectivity index (χ3v) is 5.79. The van der Waals surface area contributed by atoms with Crippen LogP contribution >= 0.6 is 0 Å². The number of nitrogens with two attached hydrogens (primary N) is 1. The molecule has 0 saturated carbocycles. The predicted octanol–water partition coefficient (Wildman–Crippen LogP) is -0.362. The fourth-order valence-electron chi connectivity index (χ4n) is 3.80. The fraction of sp³-hybridized carbons (Fsp3) is 0.565. The Labute approximate surface area is 193 Å². The van der Waals surface area contributed by atoms with Gasteiger partial charge in [-0.1, -0.05) is 44.2 Å². The standard InChI is InChI=1S/C23H34N4O6/c1-13(2)19(21(30)25-16(23(32)33)12-15-8-5-4-6-9-15)26-20(29)17-10-7-11-27(17)22(31)18(24)14(3)28/h4-6,8-9,13-14,16-19,28H,7,10-12,24H2,1-3H3,(H,25,30)(H,26,29)(H,32,33). The summed E-state index contributed by atoms with van der Waals surface area (Å²) in [6.45, 7) is 5.20. The number of aliphatic hydroxyl groups is 1. The van der Waals surface area contributed by atoms with Gasteiger partial charge in [0, 0.05) is 13.0 Å². The Morgan fingerprint density at radius 3 is 2.30 bits per heavy atom. The van der Waals surface area contributed by atoms with E-state index in [1.54, 1.807) is 38.1 Å². The van der Waals surface area contributed by atoms with Gasteiger partial charge < -0.3 is 31.5 Å². The monoisotopic (exact) mass is 462 g/mol. The van der Waals surface area contributed by atoms with Crippen molar-refractivity contribution in [3.8, 4) is 0 Å². The molecule has 10 nitrogen and oxygen atoms in total. The van der Waals surface area contributed by atoms with E-state index in [1.807, 2.05) is 6.07 Å². The van der Waals surface area contributed by atoms with E-state index in [-0.39, 0.29) is 12.3 Å². The molecule has 0 radical (unpaired) electrons. The largest absolute Gasteiger partial charge is 0.480 e. The molecule has 1 aromatic carbocycles. The van der Waals surface area contributed by atoms with Crippen LogP contribution in [0.1, 0.15) is 39.2 Å². The Kier molecular flexibility index (Phi) is 9.36. The van der Waals surface area contributed by atoms with Gasteiger partial charge in [0.05, 0.1) is 6.10 Å². The number of aliphatic carboxylic acids is 1. The molecule has 33 heavy (non-hydrogen) atoms. The minimum Gasteiger partial charge on any atom is -0.480 e. The number of likely N-dealkylation sites (tertiary alicyclic amines) is 1. The fourth-order valence-corrected chi connectivity index (χ4v) is 3.80. The number of rotatable bonds is 10. The summed E-state index contributed by atoms with van der Waals surface area (Å²) in [5, 5.41) is 24.4. The first-order valence-corrected chi connectivity index (χ1v) is 11.1. The molecule has 1 fully saturated rings. The molecule has 1 saturated heterocycles. The molecular weight excluding hydrogens is 428 g/mol. The Morgan fingerprint density at radius 1 is 1.12 bits per heavy atom. The maximum absolute atomic E-state index is 13.0. The molecule has 6 N–H and O–H groups in total. The average molecular weight is 463 g/mol. The summed E-state index contributed by atoms with van der Waals surface area (Å²) >= 11 is 0. The molecule has 0 bridgehead atoms. The molecule has 3 amide bonds. The summed E-state index contributed by atoms with van der Waals surface area (Å²) < 4.78 is 0. The average Bonchev–Trinajstić information content (AvgIpc) is 3.26. The second-order valence-electron chi connectivity index (χ2n) is 8.78. The Bertz CT molecular complexity index is 845. The number of aliphatic hydroxyl groups excluding tert-OH is 1. The molecule has 1 heterocycles. The van der Waals surface area contributed by atoms with Gasteiger partial charge in [0.1, 0.15) is 24.2 Å². The number of nitrogens with one attached hydrogen (secondary N) is 2. The number of carboxylic acid groups (broad SMARTS) is 1.